The summed E-state index contributed by atoms with van der Waals surface area (Å²) in [6, 6.07) is 12.6. The number of aromatic nitrogens is 2. The summed E-state index contributed by atoms with van der Waals surface area (Å²) in [6.07, 6.45) is 0. The number of nitrogens with zero attached hydrogens (tertiary/aromatic N) is 4. The maximum Gasteiger partial charge on any atom is 0.312 e. The Bertz CT molecular complexity index is 1280. The summed E-state index contributed by atoms with van der Waals surface area (Å²) < 4.78 is 12.8. The van der Waals surface area contributed by atoms with Gasteiger partial charge in [-0.15, -0.1) is 0 Å². The molecular weight excluding hydrogens is 450 g/mol. The van der Waals surface area contributed by atoms with E-state index in [4.69, 9.17) is 9.47 Å². The largest absolute Gasteiger partial charge is 0.493 e. The molecule has 0 aliphatic rings. The number of nitrogens with one attached hydrogen (secondary N) is 1. The number of carbonyl (C=O) groups is 1. The molecule has 35 heavy (non-hydrogen) atoms. The summed E-state index contributed by atoms with van der Waals surface area (Å²) in [5.41, 5.74) is 6.49. The highest BCUT2D eigenvalue weighted by atomic mass is 16.6. The highest BCUT2D eigenvalue weighted by Crippen LogP contribution is 2.29. The first-order valence-electron chi connectivity index (χ1n) is 11.0. The molecule has 1 atom stereocenters. The minimum Gasteiger partial charge on any atom is -0.493 e. The molecule has 1 N–H and O–H groups in total. The maximum absolute atomic E-state index is 12.7. The number of amides is 1. The lowest BCUT2D eigenvalue weighted by molar-refractivity contribution is -0.386. The smallest absolute Gasteiger partial charge is 0.312 e. The van der Waals surface area contributed by atoms with Gasteiger partial charge < -0.3 is 9.47 Å². The topological polar surface area (TPSA) is 121 Å². The van der Waals surface area contributed by atoms with E-state index in [1.165, 1.54) is 11.6 Å². The van der Waals surface area contributed by atoms with Crippen molar-refractivity contribution in [3.05, 3.63) is 80.7 Å². The zero-order chi connectivity index (χ0) is 25.7. The Balaban J connectivity index is 1.71. The van der Waals surface area contributed by atoms with Crippen molar-refractivity contribution in [2.45, 2.75) is 47.3 Å². The Hall–Kier alpha value is -4.21. The molecule has 10 heteroatoms. The van der Waals surface area contributed by atoms with Crippen molar-refractivity contribution in [3.8, 4) is 11.5 Å². The number of ether oxygens (including phenoxy) is 2. The molecule has 0 radical (unpaired) electrons. The van der Waals surface area contributed by atoms with Gasteiger partial charge in [-0.25, -0.2) is 5.43 Å². The number of hydrazone groups is 1. The van der Waals surface area contributed by atoms with Crippen LogP contribution in [0.5, 0.6) is 11.5 Å². The molecule has 0 aliphatic carbocycles. The molecule has 3 rings (SSSR count). The summed E-state index contributed by atoms with van der Waals surface area (Å²) in [6.45, 7) is 8.90. The number of aryl methyl sites for hydroxylation is 2. The van der Waals surface area contributed by atoms with Crippen molar-refractivity contribution in [3.63, 3.8) is 0 Å². The lowest BCUT2D eigenvalue weighted by Crippen LogP contribution is -2.29. The van der Waals surface area contributed by atoms with Gasteiger partial charge in [0, 0.05) is 5.56 Å². The van der Waals surface area contributed by atoms with Crippen LogP contribution in [-0.2, 0) is 11.4 Å². The fourth-order valence-electron chi connectivity index (χ4n) is 3.64. The molecule has 1 unspecified atom stereocenters. The van der Waals surface area contributed by atoms with Gasteiger partial charge in [0.2, 0.25) is 0 Å². The molecule has 0 fully saturated rings. The van der Waals surface area contributed by atoms with E-state index in [-0.39, 0.29) is 11.4 Å². The van der Waals surface area contributed by atoms with Gasteiger partial charge in [0.1, 0.15) is 24.0 Å². The van der Waals surface area contributed by atoms with Crippen LogP contribution >= 0.6 is 0 Å². The van der Waals surface area contributed by atoms with Gasteiger partial charge in [-0.3, -0.25) is 19.6 Å². The summed E-state index contributed by atoms with van der Waals surface area (Å²) in [5.74, 6) is 0.686. The molecule has 10 nitrogen and oxygen atoms in total. The molecule has 1 aromatic heterocycles. The molecule has 1 amide bonds. The minimum absolute atomic E-state index is 0.0961. The van der Waals surface area contributed by atoms with E-state index < -0.39 is 16.9 Å². The molecule has 0 saturated heterocycles. The standard InChI is InChI=1S/C25H29N5O5/c1-15-9-7-8-10-21(15)14-35-22-12-11-20(13-23(22)34-6)16(2)26-27-25(31)19(5)29-18(4)24(30(32)33)17(3)28-29/h7-13,19H,14H2,1-6H3,(H,27,31). The number of nitro groups is 1. The molecule has 184 valence electrons. The fourth-order valence-corrected chi connectivity index (χ4v) is 3.64. The van der Waals surface area contributed by atoms with Gasteiger partial charge in [-0.1, -0.05) is 24.3 Å². The average molecular weight is 480 g/mol. The number of rotatable bonds is 9. The predicted molar refractivity (Wildman–Crippen MR) is 132 cm³/mol. The van der Waals surface area contributed by atoms with Crippen molar-refractivity contribution < 1.29 is 19.2 Å². The Morgan fingerprint density at radius 1 is 1.20 bits per heavy atom. The summed E-state index contributed by atoms with van der Waals surface area (Å²) in [5, 5.41) is 19.6. The van der Waals surface area contributed by atoms with Gasteiger partial charge >= 0.3 is 5.69 Å². The van der Waals surface area contributed by atoms with Gasteiger partial charge in [0.15, 0.2) is 11.5 Å². The SMILES string of the molecule is COc1cc(C(C)=NNC(=O)C(C)n2nc(C)c([N+](=O)[O-])c2C)ccc1OCc1ccccc1C. The zero-order valence-corrected chi connectivity index (χ0v) is 20.7. The molecule has 0 spiro atoms. The number of hydrogen-bond acceptors (Lipinski definition) is 7. The highest BCUT2D eigenvalue weighted by Gasteiger charge is 2.27. The van der Waals surface area contributed by atoms with E-state index >= 15 is 0 Å². The Morgan fingerprint density at radius 3 is 2.54 bits per heavy atom. The molecule has 0 aliphatic heterocycles. The first kappa shape index (κ1) is 25.4. The Morgan fingerprint density at radius 2 is 1.91 bits per heavy atom. The number of carbonyl (C=O) groups excluding carboxylic acids is 1. The quantitative estimate of drug-likeness (QED) is 0.276. The van der Waals surface area contributed by atoms with Crippen LogP contribution in [0.2, 0.25) is 0 Å². The number of methoxy groups -OCH3 is 1. The van der Waals surface area contributed by atoms with Gasteiger partial charge in [-0.2, -0.15) is 10.2 Å². The fraction of sp³-hybridized carbons (Fsp3) is 0.320. The third kappa shape index (κ3) is 5.65. The van der Waals surface area contributed by atoms with Gasteiger partial charge in [0.25, 0.3) is 5.91 Å². The molecule has 0 bridgehead atoms. The monoisotopic (exact) mass is 479 g/mol. The first-order valence-corrected chi connectivity index (χ1v) is 11.0. The number of hydrogen-bond donors (Lipinski definition) is 1. The van der Waals surface area contributed by atoms with Crippen LogP contribution in [0.4, 0.5) is 5.69 Å². The molecule has 1 heterocycles. The normalized spacial score (nSPS) is 12.2. The van der Waals surface area contributed by atoms with E-state index in [0.717, 1.165) is 16.7 Å². The second-order valence-corrected chi connectivity index (χ2v) is 8.15. The minimum atomic E-state index is -0.786. The third-order valence-corrected chi connectivity index (χ3v) is 5.78. The van der Waals surface area contributed by atoms with Crippen LogP contribution in [0.1, 0.15) is 48.0 Å². The van der Waals surface area contributed by atoms with E-state index in [1.807, 2.05) is 37.3 Å². The molecule has 3 aromatic rings. The highest BCUT2D eigenvalue weighted by molar-refractivity contribution is 5.99. The van der Waals surface area contributed by atoms with Crippen LogP contribution in [0.15, 0.2) is 47.6 Å². The maximum atomic E-state index is 12.7. The Kier molecular flexibility index (Phi) is 7.85. The summed E-state index contributed by atoms with van der Waals surface area (Å²) >= 11 is 0. The second-order valence-electron chi connectivity index (χ2n) is 8.15. The third-order valence-electron chi connectivity index (χ3n) is 5.78. The van der Waals surface area contributed by atoms with E-state index in [9.17, 15) is 14.9 Å². The summed E-state index contributed by atoms with van der Waals surface area (Å²) in [4.78, 5) is 23.4. The molecule has 2 aromatic carbocycles. The second kappa shape index (κ2) is 10.8. The zero-order valence-electron chi connectivity index (χ0n) is 20.7. The van der Waals surface area contributed by atoms with Crippen LogP contribution in [0, 0.1) is 30.9 Å². The average Bonchev–Trinajstić information content (AvgIpc) is 3.14. The van der Waals surface area contributed by atoms with Crippen molar-refractivity contribution in [1.29, 1.82) is 0 Å². The van der Waals surface area contributed by atoms with Crippen molar-refractivity contribution >= 4 is 17.3 Å². The molecule has 0 saturated carbocycles. The molecular formula is C25H29N5O5. The van der Waals surface area contributed by atoms with Crippen LogP contribution in [-0.4, -0.2) is 33.4 Å². The van der Waals surface area contributed by atoms with Crippen LogP contribution in [0.3, 0.4) is 0 Å². The van der Waals surface area contributed by atoms with Gasteiger partial charge in [0.05, 0.1) is 17.7 Å². The lowest BCUT2D eigenvalue weighted by atomic mass is 10.1. The van der Waals surface area contributed by atoms with Crippen molar-refractivity contribution in [2.24, 2.45) is 5.10 Å². The lowest BCUT2D eigenvalue weighted by Gasteiger charge is -2.14. The van der Waals surface area contributed by atoms with E-state index in [2.05, 4.69) is 15.6 Å². The first-order chi connectivity index (χ1) is 16.6. The summed E-state index contributed by atoms with van der Waals surface area (Å²) in [7, 11) is 1.56. The van der Waals surface area contributed by atoms with Crippen LogP contribution < -0.4 is 14.9 Å². The van der Waals surface area contributed by atoms with E-state index in [0.29, 0.717) is 29.5 Å². The van der Waals surface area contributed by atoms with Crippen molar-refractivity contribution in [2.75, 3.05) is 7.11 Å². The Labute approximate surface area is 203 Å². The number of benzene rings is 2. The van der Waals surface area contributed by atoms with Crippen molar-refractivity contribution in [1.82, 2.24) is 15.2 Å². The van der Waals surface area contributed by atoms with Gasteiger partial charge in [-0.05, 0) is 63.9 Å². The van der Waals surface area contributed by atoms with Crippen LogP contribution in [0.25, 0.3) is 0 Å². The predicted octanol–water partition coefficient (Wildman–Crippen LogP) is 4.41. The van der Waals surface area contributed by atoms with E-state index in [1.54, 1.807) is 40.0 Å².